The maximum absolute atomic E-state index is 6.24. The third kappa shape index (κ3) is 5.08. The zero-order valence-electron chi connectivity index (χ0n) is 14.7. The van der Waals surface area contributed by atoms with E-state index in [1.807, 2.05) is 24.3 Å². The topological polar surface area (TPSA) is 37.2 Å². The van der Waals surface area contributed by atoms with Gasteiger partial charge in [-0.05, 0) is 11.5 Å². The molecule has 0 spiro atoms. The van der Waals surface area contributed by atoms with Crippen LogP contribution in [0.15, 0.2) is 46.4 Å². The molecule has 1 atom stereocenters. The summed E-state index contributed by atoms with van der Waals surface area (Å²) < 4.78 is -0.827. The zero-order chi connectivity index (χ0) is 22.5. The van der Waals surface area contributed by atoms with Crippen LogP contribution in [-0.2, 0) is 0 Å². The maximum Gasteiger partial charge on any atom is 0.271 e. The summed E-state index contributed by atoms with van der Waals surface area (Å²) in [6.45, 7) is 0. The van der Waals surface area contributed by atoms with Gasteiger partial charge in [0.2, 0.25) is 7.59 Å². The highest BCUT2D eigenvalue weighted by Crippen LogP contribution is 2.48. The number of halogens is 9. The number of rotatable bonds is 2. The van der Waals surface area contributed by atoms with Crippen LogP contribution in [-0.4, -0.2) is 35.2 Å². The van der Waals surface area contributed by atoms with Gasteiger partial charge in [0, 0.05) is 10.9 Å². The monoisotopic (exact) mass is 587 g/mol. The third-order valence-electron chi connectivity index (χ3n) is 4.13. The Bertz CT molecular complexity index is 1020. The van der Waals surface area contributed by atoms with Crippen LogP contribution < -0.4 is 4.74 Å². The lowest BCUT2D eigenvalue weighted by molar-refractivity contribution is 0.319. The fourth-order valence-electron chi connectivity index (χ4n) is 2.97. The molecule has 2 aromatic carbocycles. The molecule has 1 aliphatic rings. The normalized spacial score (nSPS) is 18.3. The zero-order valence-corrected chi connectivity index (χ0v) is 21.5. The number of hydrogen-bond acceptors (Lipinski definition) is 4. The molecular formula is C17H10Cl9N3O. The van der Waals surface area contributed by atoms with Crippen LogP contribution in [0.1, 0.15) is 11.7 Å². The van der Waals surface area contributed by atoms with Crippen molar-refractivity contribution in [2.24, 2.45) is 9.98 Å². The van der Waals surface area contributed by atoms with Crippen molar-refractivity contribution in [1.82, 2.24) is 4.90 Å². The van der Waals surface area contributed by atoms with E-state index in [4.69, 9.17) is 109 Å². The summed E-state index contributed by atoms with van der Waals surface area (Å²) >= 11 is 55.2. The molecule has 13 heteroatoms. The van der Waals surface area contributed by atoms with E-state index >= 15 is 0 Å². The fraction of sp³-hybridized carbons (Fsp3) is 0.294. The molecule has 0 aromatic heterocycles. The number of ether oxygens (including phenoxy) is 1. The Labute approximate surface area is 217 Å². The smallest absolute Gasteiger partial charge is 0.271 e. The lowest BCUT2D eigenvalue weighted by Gasteiger charge is -2.42. The van der Waals surface area contributed by atoms with Gasteiger partial charge < -0.3 is 4.74 Å². The minimum absolute atomic E-state index is 0.232. The summed E-state index contributed by atoms with van der Waals surface area (Å²) in [5.74, 6) is 0.129. The van der Waals surface area contributed by atoms with E-state index in [1.54, 1.807) is 19.2 Å². The number of fused-ring (bicyclic) bond motifs is 1. The molecule has 4 nitrogen and oxygen atoms in total. The summed E-state index contributed by atoms with van der Waals surface area (Å²) in [4.78, 5) is 9.64. The fourth-order valence-corrected chi connectivity index (χ4v) is 4.16. The summed E-state index contributed by atoms with van der Waals surface area (Å²) in [5.41, 5.74) is 0.575. The number of aliphatic imine (C=N–C) groups is 2. The van der Waals surface area contributed by atoms with E-state index in [9.17, 15) is 0 Å². The van der Waals surface area contributed by atoms with Gasteiger partial charge in [-0.2, -0.15) is 0 Å². The number of alkyl halides is 9. The molecule has 162 valence electrons. The number of amidine groups is 2. The molecule has 1 unspecified atom stereocenters. The van der Waals surface area contributed by atoms with Crippen molar-refractivity contribution in [3.8, 4) is 5.75 Å². The van der Waals surface area contributed by atoms with Crippen molar-refractivity contribution >= 4 is 127 Å². The summed E-state index contributed by atoms with van der Waals surface area (Å²) in [6.07, 6.45) is -1.05. The molecule has 0 radical (unpaired) electrons. The van der Waals surface area contributed by atoms with Gasteiger partial charge in [-0.25, -0.2) is 9.98 Å². The van der Waals surface area contributed by atoms with Crippen molar-refractivity contribution in [3.05, 3.63) is 42.0 Å². The van der Waals surface area contributed by atoms with Crippen LogP contribution in [0.5, 0.6) is 5.75 Å². The van der Waals surface area contributed by atoms with E-state index in [0.29, 0.717) is 11.3 Å². The minimum atomic E-state index is -2.12. The Hall–Kier alpha value is 0.250. The lowest BCUT2D eigenvalue weighted by Crippen LogP contribution is -2.51. The molecule has 0 saturated carbocycles. The number of methoxy groups -OCH3 is 1. The minimum Gasteiger partial charge on any atom is -0.496 e. The highest BCUT2D eigenvalue weighted by molar-refractivity contribution is 6.79. The number of nitrogens with zero attached hydrogens (tertiary/aromatic N) is 3. The van der Waals surface area contributed by atoms with Gasteiger partial charge in [0.1, 0.15) is 5.75 Å². The van der Waals surface area contributed by atoms with Gasteiger partial charge in [0.15, 0.2) is 17.8 Å². The van der Waals surface area contributed by atoms with Crippen LogP contribution in [0.2, 0.25) is 0 Å². The first-order valence-electron chi connectivity index (χ1n) is 7.97. The summed E-state index contributed by atoms with van der Waals surface area (Å²) in [7, 11) is 1.56. The molecule has 0 amide bonds. The Kier molecular flexibility index (Phi) is 7.37. The highest BCUT2D eigenvalue weighted by atomic mass is 35.6. The van der Waals surface area contributed by atoms with Crippen molar-refractivity contribution in [1.29, 1.82) is 0 Å². The predicted octanol–water partition coefficient (Wildman–Crippen LogP) is 8.03. The first-order valence-corrected chi connectivity index (χ1v) is 11.4. The van der Waals surface area contributed by atoms with Crippen LogP contribution in [0, 0.1) is 0 Å². The molecule has 0 bridgehead atoms. The molecule has 3 rings (SSSR count). The molecule has 0 N–H and O–H groups in total. The van der Waals surface area contributed by atoms with Crippen molar-refractivity contribution in [2.45, 2.75) is 17.7 Å². The van der Waals surface area contributed by atoms with Gasteiger partial charge in [-0.15, -0.1) is 0 Å². The van der Waals surface area contributed by atoms with Gasteiger partial charge >= 0.3 is 0 Å². The molecular weight excluding hydrogens is 581 g/mol. The van der Waals surface area contributed by atoms with E-state index in [1.165, 1.54) is 0 Å². The number of hydrogen-bond donors (Lipinski definition) is 0. The Balaban J connectivity index is 2.35. The molecule has 30 heavy (non-hydrogen) atoms. The van der Waals surface area contributed by atoms with Gasteiger partial charge in [-0.1, -0.05) is 135 Å². The lowest BCUT2D eigenvalue weighted by atomic mass is 10.0. The van der Waals surface area contributed by atoms with Crippen molar-refractivity contribution in [3.63, 3.8) is 0 Å². The average Bonchev–Trinajstić information content (AvgIpc) is 2.64. The van der Waals surface area contributed by atoms with E-state index in [-0.39, 0.29) is 11.7 Å². The number of benzene rings is 2. The van der Waals surface area contributed by atoms with E-state index in [2.05, 4.69) is 9.98 Å². The van der Waals surface area contributed by atoms with Gasteiger partial charge in [-0.3, -0.25) is 4.90 Å². The largest absolute Gasteiger partial charge is 0.496 e. The summed E-state index contributed by atoms with van der Waals surface area (Å²) in [6, 6.07) is 10.9. The van der Waals surface area contributed by atoms with Crippen molar-refractivity contribution < 1.29 is 4.74 Å². The quantitative estimate of drug-likeness (QED) is 0.262. The van der Waals surface area contributed by atoms with Gasteiger partial charge in [0.05, 0.1) is 7.11 Å². The highest BCUT2D eigenvalue weighted by Gasteiger charge is 2.50. The third-order valence-corrected chi connectivity index (χ3v) is 5.69. The molecule has 2 aromatic rings. The SMILES string of the molecule is COc1ccc(C2N=C(C(Cl)(Cl)Cl)N=C(C(Cl)(Cl)Cl)N2C(Cl)(Cl)Cl)c2ccccc12. The second kappa shape index (κ2) is 8.89. The Morgan fingerprint density at radius 3 is 1.93 bits per heavy atom. The summed E-state index contributed by atoms with van der Waals surface area (Å²) in [5, 5.41) is 1.52. The van der Waals surface area contributed by atoms with Crippen LogP contribution in [0.4, 0.5) is 0 Å². The predicted molar refractivity (Wildman–Crippen MR) is 131 cm³/mol. The molecule has 1 aliphatic heterocycles. The van der Waals surface area contributed by atoms with Crippen LogP contribution in [0.3, 0.4) is 0 Å². The van der Waals surface area contributed by atoms with Crippen molar-refractivity contribution in [2.75, 3.05) is 7.11 Å². The second-order valence-electron chi connectivity index (χ2n) is 6.00. The molecule has 0 saturated heterocycles. The van der Waals surface area contributed by atoms with E-state index in [0.717, 1.165) is 15.7 Å². The van der Waals surface area contributed by atoms with Crippen LogP contribution in [0.25, 0.3) is 10.8 Å². The van der Waals surface area contributed by atoms with Gasteiger partial charge in [0.25, 0.3) is 3.92 Å². The van der Waals surface area contributed by atoms with E-state index < -0.39 is 17.7 Å². The molecule has 0 fully saturated rings. The average molecular weight is 591 g/mol. The first kappa shape index (κ1) is 24.9. The Morgan fingerprint density at radius 1 is 0.833 bits per heavy atom. The van der Waals surface area contributed by atoms with Crippen LogP contribution >= 0.6 is 104 Å². The molecule has 1 heterocycles. The molecule has 0 aliphatic carbocycles. The maximum atomic E-state index is 6.24. The standard InChI is InChI=1S/C17H10Cl9N3O/c1-30-11-7-6-10(8-4-2-3-5-9(8)11)12-27-13(15(18,19)20)28-14(16(21,22)23)29(12)17(24,25)26/h2-7,12H,1H3. The first-order chi connectivity index (χ1) is 13.7. The Morgan fingerprint density at radius 2 is 1.43 bits per heavy atom. The second-order valence-corrected chi connectivity index (χ2v) is 12.8.